The minimum absolute atomic E-state index is 0.0522. The van der Waals surface area contributed by atoms with Crippen LogP contribution >= 0.6 is 0 Å². The summed E-state index contributed by atoms with van der Waals surface area (Å²) in [5.74, 6) is 0.0522. The Morgan fingerprint density at radius 3 is 2.48 bits per heavy atom. The largest absolute Gasteiger partial charge is 0.385 e. The van der Waals surface area contributed by atoms with Crippen molar-refractivity contribution in [2.45, 2.75) is 37.1 Å². The van der Waals surface area contributed by atoms with Gasteiger partial charge in [0.1, 0.15) is 0 Å². The quantitative estimate of drug-likeness (QED) is 0.670. The van der Waals surface area contributed by atoms with Gasteiger partial charge in [0.05, 0.1) is 4.90 Å². The lowest BCUT2D eigenvalue weighted by molar-refractivity contribution is -0.120. The first-order valence-electron chi connectivity index (χ1n) is 7.14. The number of anilines is 1. The van der Waals surface area contributed by atoms with Gasteiger partial charge < -0.3 is 10.6 Å². The van der Waals surface area contributed by atoms with Crippen LogP contribution in [0.25, 0.3) is 0 Å². The fraction of sp³-hybridized carbons (Fsp3) is 0.500. The number of hydrogen-bond acceptors (Lipinski definition) is 4. The number of benzene rings is 1. The number of nitrogens with one attached hydrogen (secondary N) is 3. The van der Waals surface area contributed by atoms with Crippen LogP contribution in [0.15, 0.2) is 29.2 Å². The van der Waals surface area contributed by atoms with Crippen molar-refractivity contribution in [1.82, 2.24) is 10.0 Å². The predicted octanol–water partition coefficient (Wildman–Crippen LogP) is 1.07. The summed E-state index contributed by atoms with van der Waals surface area (Å²) < 4.78 is 26.0. The maximum absolute atomic E-state index is 11.8. The first-order valence-corrected chi connectivity index (χ1v) is 8.62. The lowest BCUT2D eigenvalue weighted by Gasteiger charge is -2.08. The molecular formula is C14H21N3O3S. The molecule has 0 heterocycles. The van der Waals surface area contributed by atoms with Gasteiger partial charge in [0.25, 0.3) is 0 Å². The molecule has 1 aliphatic carbocycles. The van der Waals surface area contributed by atoms with Crippen LogP contribution in [0.5, 0.6) is 0 Å². The normalized spacial score (nSPS) is 14.7. The summed E-state index contributed by atoms with van der Waals surface area (Å²) >= 11 is 0. The SMILES string of the molecule is CCNS(=O)(=O)c1ccc(NCCC(=O)NC2CC2)cc1. The van der Waals surface area contributed by atoms with Crippen LogP contribution in [0, 0.1) is 0 Å². The average Bonchev–Trinajstić information content (AvgIpc) is 3.23. The Hall–Kier alpha value is -1.60. The van der Waals surface area contributed by atoms with E-state index in [2.05, 4.69) is 15.4 Å². The van der Waals surface area contributed by atoms with Crippen molar-refractivity contribution in [2.75, 3.05) is 18.4 Å². The van der Waals surface area contributed by atoms with Crippen LogP contribution in [0.2, 0.25) is 0 Å². The Morgan fingerprint density at radius 2 is 1.90 bits per heavy atom. The van der Waals surface area contributed by atoms with Crippen LogP contribution in [-0.2, 0) is 14.8 Å². The van der Waals surface area contributed by atoms with Gasteiger partial charge in [-0.15, -0.1) is 0 Å². The molecule has 116 valence electrons. The van der Waals surface area contributed by atoms with Gasteiger partial charge >= 0.3 is 0 Å². The van der Waals surface area contributed by atoms with Crippen molar-refractivity contribution >= 4 is 21.6 Å². The average molecular weight is 311 g/mol. The third-order valence-electron chi connectivity index (χ3n) is 3.12. The van der Waals surface area contributed by atoms with Crippen LogP contribution in [0.3, 0.4) is 0 Å². The second-order valence-electron chi connectivity index (χ2n) is 5.04. The summed E-state index contributed by atoms with van der Waals surface area (Å²) in [7, 11) is -3.41. The van der Waals surface area contributed by atoms with Crippen molar-refractivity contribution in [3.05, 3.63) is 24.3 Å². The van der Waals surface area contributed by atoms with Gasteiger partial charge in [-0.25, -0.2) is 13.1 Å². The van der Waals surface area contributed by atoms with Gasteiger partial charge in [-0.1, -0.05) is 6.92 Å². The van der Waals surface area contributed by atoms with Crippen molar-refractivity contribution in [3.63, 3.8) is 0 Å². The van der Waals surface area contributed by atoms with E-state index in [0.29, 0.717) is 25.6 Å². The molecule has 1 aromatic carbocycles. The molecule has 0 spiro atoms. The van der Waals surface area contributed by atoms with E-state index < -0.39 is 10.0 Å². The third-order valence-corrected chi connectivity index (χ3v) is 4.68. The Labute approximate surface area is 125 Å². The lowest BCUT2D eigenvalue weighted by Crippen LogP contribution is -2.27. The molecule has 1 fully saturated rings. The van der Waals surface area contributed by atoms with Gasteiger partial charge in [0.15, 0.2) is 0 Å². The summed E-state index contributed by atoms with van der Waals surface area (Å²) in [6, 6.07) is 6.87. The van der Waals surface area contributed by atoms with Crippen LogP contribution in [0.4, 0.5) is 5.69 Å². The molecule has 21 heavy (non-hydrogen) atoms. The van der Waals surface area contributed by atoms with Gasteiger partial charge in [0, 0.05) is 31.2 Å². The van der Waals surface area contributed by atoms with Gasteiger partial charge in [-0.2, -0.15) is 0 Å². The molecule has 0 bridgehead atoms. The Balaban J connectivity index is 1.80. The summed E-state index contributed by atoms with van der Waals surface area (Å²) in [5.41, 5.74) is 0.796. The molecule has 1 saturated carbocycles. The van der Waals surface area contributed by atoms with Crippen molar-refractivity contribution < 1.29 is 13.2 Å². The number of rotatable bonds is 8. The molecule has 2 rings (SSSR count). The Morgan fingerprint density at radius 1 is 1.24 bits per heavy atom. The number of carbonyl (C=O) groups is 1. The van der Waals surface area contributed by atoms with Gasteiger partial charge in [0.2, 0.25) is 15.9 Å². The fourth-order valence-corrected chi connectivity index (χ4v) is 2.91. The maximum atomic E-state index is 11.8. The molecule has 0 saturated heterocycles. The van der Waals surface area contributed by atoms with E-state index in [-0.39, 0.29) is 10.8 Å². The van der Waals surface area contributed by atoms with Crippen molar-refractivity contribution in [3.8, 4) is 0 Å². The molecule has 1 amide bonds. The summed E-state index contributed by atoms with van der Waals surface area (Å²) in [6.45, 7) is 2.62. The topological polar surface area (TPSA) is 87.3 Å². The van der Waals surface area contributed by atoms with Crippen molar-refractivity contribution in [1.29, 1.82) is 0 Å². The number of amides is 1. The lowest BCUT2D eigenvalue weighted by atomic mass is 10.3. The summed E-state index contributed by atoms with van der Waals surface area (Å²) in [4.78, 5) is 11.7. The smallest absolute Gasteiger partial charge is 0.240 e. The molecule has 1 aliphatic rings. The highest BCUT2D eigenvalue weighted by Gasteiger charge is 2.22. The number of hydrogen-bond donors (Lipinski definition) is 3. The molecule has 0 atom stereocenters. The highest BCUT2D eigenvalue weighted by atomic mass is 32.2. The maximum Gasteiger partial charge on any atom is 0.240 e. The first-order chi connectivity index (χ1) is 10.0. The molecule has 0 aromatic heterocycles. The molecule has 7 heteroatoms. The van der Waals surface area contributed by atoms with E-state index >= 15 is 0 Å². The van der Waals surface area contributed by atoms with E-state index in [1.807, 2.05) is 0 Å². The zero-order chi connectivity index (χ0) is 15.3. The summed E-state index contributed by atoms with van der Waals surface area (Å²) in [5, 5.41) is 6.02. The number of carbonyl (C=O) groups excluding carboxylic acids is 1. The second kappa shape index (κ2) is 6.91. The summed E-state index contributed by atoms with van der Waals surface area (Å²) in [6.07, 6.45) is 2.58. The highest BCUT2D eigenvalue weighted by molar-refractivity contribution is 7.89. The molecule has 1 aromatic rings. The van der Waals surface area contributed by atoms with Gasteiger partial charge in [-0.05, 0) is 37.1 Å². The number of sulfonamides is 1. The standard InChI is InChI=1S/C14H21N3O3S/c1-2-16-21(19,20)13-7-5-11(6-8-13)15-10-9-14(18)17-12-3-4-12/h5-8,12,15-16H,2-4,9-10H2,1H3,(H,17,18). The predicted molar refractivity (Wildman–Crippen MR) is 81.6 cm³/mol. The van der Waals surface area contributed by atoms with E-state index in [1.54, 1.807) is 31.2 Å². The molecule has 0 unspecified atom stereocenters. The van der Waals surface area contributed by atoms with Gasteiger partial charge in [-0.3, -0.25) is 4.79 Å². The molecule has 0 radical (unpaired) electrons. The molecular weight excluding hydrogens is 290 g/mol. The molecule has 6 nitrogen and oxygen atoms in total. The second-order valence-corrected chi connectivity index (χ2v) is 6.81. The zero-order valence-corrected chi connectivity index (χ0v) is 12.9. The van der Waals surface area contributed by atoms with Crippen LogP contribution in [-0.4, -0.2) is 33.5 Å². The van der Waals surface area contributed by atoms with Crippen molar-refractivity contribution in [2.24, 2.45) is 0 Å². The van der Waals surface area contributed by atoms with E-state index in [1.165, 1.54) is 0 Å². The Kier molecular flexibility index (Phi) is 5.19. The highest BCUT2D eigenvalue weighted by Crippen LogP contribution is 2.18. The molecule has 3 N–H and O–H groups in total. The Bertz CT molecular complexity index is 580. The van der Waals surface area contributed by atoms with Crippen LogP contribution in [0.1, 0.15) is 26.2 Å². The fourth-order valence-electron chi connectivity index (χ4n) is 1.87. The van der Waals surface area contributed by atoms with E-state index in [0.717, 1.165) is 18.5 Å². The third kappa shape index (κ3) is 5.02. The monoisotopic (exact) mass is 311 g/mol. The van der Waals surface area contributed by atoms with E-state index in [4.69, 9.17) is 0 Å². The zero-order valence-electron chi connectivity index (χ0n) is 12.1. The minimum atomic E-state index is -3.41. The van der Waals surface area contributed by atoms with E-state index in [9.17, 15) is 13.2 Å². The molecule has 0 aliphatic heterocycles. The first kappa shape index (κ1) is 15.8. The van der Waals surface area contributed by atoms with Crippen LogP contribution < -0.4 is 15.4 Å². The minimum Gasteiger partial charge on any atom is -0.385 e.